The summed E-state index contributed by atoms with van der Waals surface area (Å²) in [6.45, 7) is 3.26. The minimum absolute atomic E-state index is 0. The fourth-order valence-corrected chi connectivity index (χ4v) is 0. The van der Waals surface area contributed by atoms with Crippen LogP contribution in [0.5, 0.6) is 0 Å². The van der Waals surface area contributed by atoms with Crippen LogP contribution >= 0.6 is 22.6 Å². The second kappa shape index (κ2) is 5.60. The largest absolute Gasteiger partial charge is 0.349 e. The van der Waals surface area contributed by atoms with Gasteiger partial charge in [-0.2, -0.15) is 0 Å². The molecule has 1 unspecified atom stereocenters. The molecule has 0 amide bonds. The van der Waals surface area contributed by atoms with Gasteiger partial charge in [0.15, 0.2) is 3.79 Å². The predicted molar refractivity (Wildman–Crippen MR) is 32.4 cm³/mol. The van der Waals surface area contributed by atoms with Crippen molar-refractivity contribution >= 4 is 26.4 Å². The standard InChI is InChI=1S/C3H5INO.Y/c1-2(5)3(4)6;/h2H,1,5H2;/q-1;. The first kappa shape index (κ1) is 11.3. The molecule has 0 aromatic heterocycles. The molecule has 1 atom stereocenters. The van der Waals surface area contributed by atoms with Crippen molar-refractivity contribution in [2.75, 3.05) is 0 Å². The van der Waals surface area contributed by atoms with Gasteiger partial charge in [0.2, 0.25) is 0 Å². The average Bonchev–Trinajstić information content (AvgIpc) is 1.36. The van der Waals surface area contributed by atoms with Gasteiger partial charge in [0.05, 0.1) is 0 Å². The number of hydrogen-bond acceptors (Lipinski definition) is 2. The minimum atomic E-state index is -0.550. The van der Waals surface area contributed by atoms with Gasteiger partial charge in [-0.1, -0.05) is 6.04 Å². The molecule has 0 rings (SSSR count). The van der Waals surface area contributed by atoms with Crippen LogP contribution in [0.15, 0.2) is 0 Å². The third-order valence-corrected chi connectivity index (χ3v) is 1.09. The molecule has 0 fully saturated rings. The van der Waals surface area contributed by atoms with E-state index < -0.39 is 6.04 Å². The first-order valence-corrected chi connectivity index (χ1v) is 2.50. The fourth-order valence-electron chi connectivity index (χ4n) is 0. The SMILES string of the molecule is [CH2-]C(N)C(=O)I.[Y]. The zero-order valence-corrected chi connectivity index (χ0v) is 8.72. The summed E-state index contributed by atoms with van der Waals surface area (Å²) in [4.78, 5) is 9.94. The number of halogens is 1. The Morgan fingerprint density at radius 1 is 1.86 bits per heavy atom. The molecule has 4 heteroatoms. The summed E-state index contributed by atoms with van der Waals surface area (Å²) in [6, 6.07) is -0.550. The summed E-state index contributed by atoms with van der Waals surface area (Å²) in [7, 11) is 0. The summed E-state index contributed by atoms with van der Waals surface area (Å²) >= 11 is 1.61. The van der Waals surface area contributed by atoms with Crippen LogP contribution in [-0.2, 0) is 37.5 Å². The topological polar surface area (TPSA) is 43.1 Å². The van der Waals surface area contributed by atoms with E-state index in [1.807, 2.05) is 0 Å². The van der Waals surface area contributed by atoms with Crippen molar-refractivity contribution in [1.29, 1.82) is 0 Å². The van der Waals surface area contributed by atoms with Crippen molar-refractivity contribution in [3.63, 3.8) is 0 Å². The van der Waals surface area contributed by atoms with E-state index in [0.29, 0.717) is 0 Å². The van der Waals surface area contributed by atoms with Gasteiger partial charge in [-0.3, -0.25) is 4.79 Å². The normalized spacial score (nSPS) is 11.9. The Morgan fingerprint density at radius 2 is 2.00 bits per heavy atom. The molecule has 0 aliphatic heterocycles. The molecule has 2 N–H and O–H groups in total. The van der Waals surface area contributed by atoms with Gasteiger partial charge in [0, 0.05) is 32.7 Å². The molecule has 7 heavy (non-hydrogen) atoms. The maximum atomic E-state index is 9.94. The van der Waals surface area contributed by atoms with E-state index in [9.17, 15) is 4.79 Å². The molecule has 1 radical (unpaired) electrons. The van der Waals surface area contributed by atoms with E-state index >= 15 is 0 Å². The van der Waals surface area contributed by atoms with Crippen molar-refractivity contribution < 1.29 is 37.5 Å². The monoisotopic (exact) mass is 287 g/mol. The van der Waals surface area contributed by atoms with E-state index in [4.69, 9.17) is 5.73 Å². The molecular formula is C3H5INOY-. The van der Waals surface area contributed by atoms with E-state index in [-0.39, 0.29) is 36.5 Å². The molecule has 0 heterocycles. The Morgan fingerprint density at radius 3 is 2.00 bits per heavy atom. The second-order valence-corrected chi connectivity index (χ2v) is 1.97. The molecule has 0 saturated heterocycles. The Kier molecular flexibility index (Phi) is 9.02. The maximum absolute atomic E-state index is 9.94. The number of carbonyl (C=O) groups is 1. The van der Waals surface area contributed by atoms with Gasteiger partial charge in [0.25, 0.3) is 0 Å². The van der Waals surface area contributed by atoms with Gasteiger partial charge in [-0.15, -0.1) is 0 Å². The van der Waals surface area contributed by atoms with Gasteiger partial charge in [0.1, 0.15) is 0 Å². The molecule has 0 aliphatic rings. The van der Waals surface area contributed by atoms with Gasteiger partial charge >= 0.3 is 0 Å². The van der Waals surface area contributed by atoms with E-state index in [1.54, 1.807) is 22.6 Å². The number of carbonyl (C=O) groups excluding carboxylic acids is 1. The molecule has 0 aromatic carbocycles. The van der Waals surface area contributed by atoms with Crippen LogP contribution in [-0.4, -0.2) is 9.83 Å². The molecular weight excluding hydrogens is 282 g/mol. The van der Waals surface area contributed by atoms with Crippen molar-refractivity contribution in [3.05, 3.63) is 6.92 Å². The van der Waals surface area contributed by atoms with Crippen LogP contribution in [0.2, 0.25) is 0 Å². The van der Waals surface area contributed by atoms with Gasteiger partial charge in [-0.25, -0.2) is 0 Å². The number of nitrogens with two attached hydrogens (primary N) is 1. The van der Waals surface area contributed by atoms with Crippen molar-refractivity contribution in [1.82, 2.24) is 0 Å². The molecule has 0 saturated carbocycles. The minimum Gasteiger partial charge on any atom is -0.349 e. The van der Waals surface area contributed by atoms with Gasteiger partial charge < -0.3 is 12.7 Å². The summed E-state index contributed by atoms with van der Waals surface area (Å²) in [5.74, 6) is 0. The van der Waals surface area contributed by atoms with Crippen LogP contribution in [0.1, 0.15) is 0 Å². The summed E-state index contributed by atoms with van der Waals surface area (Å²) in [5.41, 5.74) is 4.97. The molecule has 0 bridgehead atoms. The summed E-state index contributed by atoms with van der Waals surface area (Å²) < 4.78 is -0.104. The third kappa shape index (κ3) is 7.46. The van der Waals surface area contributed by atoms with Crippen LogP contribution in [0.3, 0.4) is 0 Å². The zero-order chi connectivity index (χ0) is 5.15. The molecule has 39 valence electrons. The van der Waals surface area contributed by atoms with Gasteiger partial charge in [-0.05, 0) is 22.6 Å². The Bertz CT molecular complexity index is 66.0. The Hall–Kier alpha value is 1.46. The first-order valence-electron chi connectivity index (χ1n) is 1.42. The zero-order valence-electron chi connectivity index (χ0n) is 3.73. The predicted octanol–water partition coefficient (Wildman–Crippen LogP) is 0.107. The van der Waals surface area contributed by atoms with Crippen molar-refractivity contribution in [2.24, 2.45) is 5.73 Å². The Balaban J connectivity index is 0. The number of hydrogen-bond donors (Lipinski definition) is 1. The summed E-state index contributed by atoms with van der Waals surface area (Å²) in [5, 5.41) is 0. The third-order valence-electron chi connectivity index (χ3n) is 0.292. The maximum Gasteiger partial charge on any atom is 0.178 e. The number of rotatable bonds is 1. The second-order valence-electron chi connectivity index (χ2n) is 0.911. The van der Waals surface area contributed by atoms with Crippen LogP contribution in [0.25, 0.3) is 0 Å². The fraction of sp³-hybridized carbons (Fsp3) is 0.333. The van der Waals surface area contributed by atoms with Crippen molar-refractivity contribution in [3.8, 4) is 0 Å². The first-order chi connectivity index (χ1) is 2.64. The quantitative estimate of drug-likeness (QED) is 0.422. The molecule has 0 aromatic rings. The summed E-state index contributed by atoms with van der Waals surface area (Å²) in [6.07, 6.45) is 0. The molecule has 2 nitrogen and oxygen atoms in total. The average molecular weight is 287 g/mol. The molecule has 0 spiro atoms. The van der Waals surface area contributed by atoms with E-state index in [0.717, 1.165) is 0 Å². The Labute approximate surface area is 81.6 Å². The van der Waals surface area contributed by atoms with E-state index in [1.165, 1.54) is 0 Å². The van der Waals surface area contributed by atoms with Crippen LogP contribution in [0, 0.1) is 6.92 Å². The van der Waals surface area contributed by atoms with Crippen LogP contribution < -0.4 is 5.73 Å². The molecule has 0 aliphatic carbocycles. The van der Waals surface area contributed by atoms with Crippen molar-refractivity contribution in [2.45, 2.75) is 6.04 Å². The smallest absolute Gasteiger partial charge is 0.178 e. The van der Waals surface area contributed by atoms with E-state index in [2.05, 4.69) is 6.92 Å². The van der Waals surface area contributed by atoms with Crippen LogP contribution in [0.4, 0.5) is 0 Å².